The zero-order chi connectivity index (χ0) is 17.4. The second-order valence-electron chi connectivity index (χ2n) is 5.60. The minimum absolute atomic E-state index is 0.0908. The molecule has 0 aliphatic carbocycles. The van der Waals surface area contributed by atoms with Crippen LogP contribution in [0.1, 0.15) is 39.0 Å². The van der Waals surface area contributed by atoms with E-state index in [1.165, 1.54) is 24.6 Å². The number of halogens is 1. The number of hydrogen-bond acceptors (Lipinski definition) is 4. The molecule has 2 amide bonds. The van der Waals surface area contributed by atoms with Gasteiger partial charge in [0, 0.05) is 18.0 Å². The maximum absolute atomic E-state index is 12.0. The number of rotatable bonds is 8. The van der Waals surface area contributed by atoms with E-state index in [4.69, 9.17) is 11.6 Å². The van der Waals surface area contributed by atoms with Crippen LogP contribution >= 0.6 is 23.4 Å². The highest BCUT2D eigenvalue weighted by molar-refractivity contribution is 8.15. The van der Waals surface area contributed by atoms with Crippen molar-refractivity contribution in [2.45, 2.75) is 44.3 Å². The number of nitrogens with zero attached hydrogens (tertiary/aromatic N) is 1. The molecule has 2 N–H and O–H groups in total. The lowest BCUT2D eigenvalue weighted by atomic mass is 10.2. The van der Waals surface area contributed by atoms with Crippen molar-refractivity contribution in [3.63, 3.8) is 0 Å². The summed E-state index contributed by atoms with van der Waals surface area (Å²) in [4.78, 5) is 28.2. The zero-order valence-corrected chi connectivity index (χ0v) is 15.3. The van der Waals surface area contributed by atoms with E-state index in [9.17, 15) is 9.59 Å². The van der Waals surface area contributed by atoms with Crippen LogP contribution in [-0.4, -0.2) is 28.8 Å². The SMILES string of the molecule is CCCCCCNC(=O)C[C@@H]1SC(=Nc2ccc(Cl)cc2)NC1=O. The van der Waals surface area contributed by atoms with Crippen molar-refractivity contribution in [1.82, 2.24) is 10.6 Å². The Morgan fingerprint density at radius 1 is 1.29 bits per heavy atom. The molecule has 1 atom stereocenters. The molecule has 1 fully saturated rings. The Labute approximate surface area is 151 Å². The Balaban J connectivity index is 1.79. The first-order valence-corrected chi connectivity index (χ1v) is 9.42. The number of carbonyl (C=O) groups is 2. The third kappa shape index (κ3) is 6.17. The summed E-state index contributed by atoms with van der Waals surface area (Å²) in [5, 5.41) is 6.32. The van der Waals surface area contributed by atoms with E-state index >= 15 is 0 Å². The van der Waals surface area contributed by atoms with Crippen LogP contribution < -0.4 is 10.6 Å². The Bertz CT molecular complexity index is 604. The van der Waals surface area contributed by atoms with Gasteiger partial charge < -0.3 is 10.6 Å². The van der Waals surface area contributed by atoms with Crippen molar-refractivity contribution in [1.29, 1.82) is 0 Å². The molecular weight excluding hydrogens is 346 g/mol. The molecule has 5 nitrogen and oxygen atoms in total. The molecule has 7 heteroatoms. The molecule has 0 bridgehead atoms. The fourth-order valence-electron chi connectivity index (χ4n) is 2.25. The quantitative estimate of drug-likeness (QED) is 0.689. The molecule has 0 unspecified atom stereocenters. The molecule has 1 aliphatic heterocycles. The van der Waals surface area contributed by atoms with E-state index in [0.29, 0.717) is 22.4 Å². The second kappa shape index (κ2) is 9.69. The molecule has 0 radical (unpaired) electrons. The van der Waals surface area contributed by atoms with Gasteiger partial charge in [-0.2, -0.15) is 0 Å². The maximum atomic E-state index is 12.0. The summed E-state index contributed by atoms with van der Waals surface area (Å²) in [6, 6.07) is 7.04. The van der Waals surface area contributed by atoms with Crippen LogP contribution in [0.4, 0.5) is 5.69 Å². The predicted molar refractivity (Wildman–Crippen MR) is 99.8 cm³/mol. The maximum Gasteiger partial charge on any atom is 0.240 e. The van der Waals surface area contributed by atoms with E-state index in [2.05, 4.69) is 22.5 Å². The Morgan fingerprint density at radius 3 is 2.75 bits per heavy atom. The molecular formula is C17H22ClN3O2S. The predicted octanol–water partition coefficient (Wildman–Crippen LogP) is 3.65. The third-order valence-corrected chi connectivity index (χ3v) is 4.89. The highest BCUT2D eigenvalue weighted by Gasteiger charge is 2.31. The van der Waals surface area contributed by atoms with Crippen molar-refractivity contribution in [2.24, 2.45) is 4.99 Å². The molecule has 2 rings (SSSR count). The topological polar surface area (TPSA) is 70.6 Å². The largest absolute Gasteiger partial charge is 0.356 e. The number of carbonyl (C=O) groups excluding carboxylic acids is 2. The molecule has 1 aromatic rings. The summed E-state index contributed by atoms with van der Waals surface area (Å²) in [7, 11) is 0. The average Bonchev–Trinajstić information content (AvgIpc) is 2.89. The van der Waals surface area contributed by atoms with Crippen LogP contribution in [0, 0.1) is 0 Å². The second-order valence-corrected chi connectivity index (χ2v) is 7.23. The first kappa shape index (κ1) is 18.8. The first-order valence-electron chi connectivity index (χ1n) is 8.17. The Morgan fingerprint density at radius 2 is 2.04 bits per heavy atom. The number of hydrogen-bond donors (Lipinski definition) is 2. The van der Waals surface area contributed by atoms with Gasteiger partial charge in [-0.1, -0.05) is 49.5 Å². The number of aliphatic imine (C=N–C) groups is 1. The summed E-state index contributed by atoms with van der Waals surface area (Å²) >= 11 is 7.12. The molecule has 1 aromatic carbocycles. The fraction of sp³-hybridized carbons (Fsp3) is 0.471. The van der Waals surface area contributed by atoms with Gasteiger partial charge in [0.25, 0.3) is 0 Å². The smallest absolute Gasteiger partial charge is 0.240 e. The molecule has 0 spiro atoms. The number of thioether (sulfide) groups is 1. The van der Waals surface area contributed by atoms with Gasteiger partial charge >= 0.3 is 0 Å². The van der Waals surface area contributed by atoms with Gasteiger partial charge in [0.15, 0.2) is 5.17 Å². The monoisotopic (exact) mass is 367 g/mol. The Hall–Kier alpha value is -1.53. The van der Waals surface area contributed by atoms with Gasteiger partial charge in [-0.15, -0.1) is 0 Å². The minimum atomic E-state index is -0.424. The lowest BCUT2D eigenvalue weighted by Gasteiger charge is -2.07. The van der Waals surface area contributed by atoms with E-state index in [1.807, 2.05) is 0 Å². The van der Waals surface area contributed by atoms with Gasteiger partial charge in [-0.05, 0) is 30.7 Å². The minimum Gasteiger partial charge on any atom is -0.356 e. The standard InChI is InChI=1S/C17H22ClN3O2S/c1-2-3-4-5-10-19-15(22)11-14-16(23)21-17(24-14)20-13-8-6-12(18)7-9-13/h6-9,14H,2-5,10-11H2,1H3,(H,19,22)(H,20,21,23)/t14-/m0/s1. The van der Waals surface area contributed by atoms with E-state index in [-0.39, 0.29) is 18.2 Å². The van der Waals surface area contributed by atoms with Crippen LogP contribution in [0.15, 0.2) is 29.3 Å². The summed E-state index contributed by atoms with van der Waals surface area (Å²) in [6.07, 6.45) is 4.62. The van der Waals surface area contributed by atoms with Gasteiger partial charge in [0.2, 0.25) is 11.8 Å². The lowest BCUT2D eigenvalue weighted by molar-refractivity contribution is -0.125. The van der Waals surface area contributed by atoms with Crippen LogP contribution in [0.25, 0.3) is 0 Å². The van der Waals surface area contributed by atoms with Gasteiger partial charge in [0.05, 0.1) is 5.69 Å². The van der Waals surface area contributed by atoms with Crippen molar-refractivity contribution >= 4 is 46.0 Å². The number of nitrogens with one attached hydrogen (secondary N) is 2. The van der Waals surface area contributed by atoms with Crippen molar-refractivity contribution < 1.29 is 9.59 Å². The zero-order valence-electron chi connectivity index (χ0n) is 13.7. The number of benzene rings is 1. The summed E-state index contributed by atoms with van der Waals surface area (Å²) in [5.41, 5.74) is 0.711. The first-order chi connectivity index (χ1) is 11.6. The van der Waals surface area contributed by atoms with Gasteiger partial charge in [-0.25, -0.2) is 4.99 Å². The summed E-state index contributed by atoms with van der Waals surface area (Å²) in [6.45, 7) is 2.82. The van der Waals surface area contributed by atoms with Crippen LogP contribution in [0.3, 0.4) is 0 Å². The fourth-order valence-corrected chi connectivity index (χ4v) is 3.36. The average molecular weight is 368 g/mol. The summed E-state index contributed by atoms with van der Waals surface area (Å²) < 4.78 is 0. The normalized spacial score (nSPS) is 18.7. The molecule has 1 aliphatic rings. The number of unbranched alkanes of at least 4 members (excludes halogenated alkanes) is 3. The summed E-state index contributed by atoms with van der Waals surface area (Å²) in [5.74, 6) is -0.263. The van der Waals surface area contributed by atoms with Gasteiger partial charge in [0.1, 0.15) is 5.25 Å². The Kier molecular flexibility index (Phi) is 7.59. The van der Waals surface area contributed by atoms with Crippen LogP contribution in [0.2, 0.25) is 5.02 Å². The van der Waals surface area contributed by atoms with E-state index in [0.717, 1.165) is 12.8 Å². The van der Waals surface area contributed by atoms with Gasteiger partial charge in [-0.3, -0.25) is 9.59 Å². The van der Waals surface area contributed by atoms with E-state index < -0.39 is 5.25 Å². The van der Waals surface area contributed by atoms with Crippen molar-refractivity contribution in [2.75, 3.05) is 6.54 Å². The van der Waals surface area contributed by atoms with Crippen molar-refractivity contribution in [3.8, 4) is 0 Å². The number of amidine groups is 1. The van der Waals surface area contributed by atoms with Crippen molar-refractivity contribution in [3.05, 3.63) is 29.3 Å². The molecule has 1 heterocycles. The molecule has 1 saturated heterocycles. The molecule has 0 aromatic heterocycles. The molecule has 0 saturated carbocycles. The third-order valence-electron chi connectivity index (χ3n) is 3.56. The van der Waals surface area contributed by atoms with E-state index in [1.54, 1.807) is 24.3 Å². The van der Waals surface area contributed by atoms with Crippen LogP contribution in [0.5, 0.6) is 0 Å². The lowest BCUT2D eigenvalue weighted by Crippen LogP contribution is -2.31. The molecule has 24 heavy (non-hydrogen) atoms. The van der Waals surface area contributed by atoms with Crippen LogP contribution in [-0.2, 0) is 9.59 Å². The highest BCUT2D eigenvalue weighted by Crippen LogP contribution is 2.25. The number of amides is 2. The highest BCUT2D eigenvalue weighted by atomic mass is 35.5. The molecule has 130 valence electrons.